The Morgan fingerprint density at radius 2 is 2.00 bits per heavy atom. The molecular formula is C13H16ClNO2. The average molecular weight is 254 g/mol. The van der Waals surface area contributed by atoms with Crippen LogP contribution in [0.1, 0.15) is 47.3 Å². The monoisotopic (exact) mass is 253 g/mol. The third kappa shape index (κ3) is 2.78. The molecule has 1 aliphatic rings. The standard InChI is InChI=1S/C13H16ClNO2/c1-17-13(16)10-8-9-6-4-2-3-5-7-11(9)15-12(10)14/h8H,2-7H2,1H3. The van der Waals surface area contributed by atoms with Crippen molar-refractivity contribution in [3.05, 3.63) is 28.0 Å². The summed E-state index contributed by atoms with van der Waals surface area (Å²) in [6, 6.07) is 1.85. The fourth-order valence-electron chi connectivity index (χ4n) is 2.22. The predicted molar refractivity (Wildman–Crippen MR) is 66.5 cm³/mol. The quantitative estimate of drug-likeness (QED) is 0.570. The number of esters is 1. The number of aromatic nitrogens is 1. The first kappa shape index (κ1) is 12.4. The number of hydrogen-bond donors (Lipinski definition) is 0. The number of rotatable bonds is 1. The van der Waals surface area contributed by atoms with Crippen molar-refractivity contribution >= 4 is 17.6 Å². The van der Waals surface area contributed by atoms with Crippen LogP contribution in [0, 0.1) is 0 Å². The van der Waals surface area contributed by atoms with Crippen molar-refractivity contribution in [3.63, 3.8) is 0 Å². The molecule has 0 spiro atoms. The van der Waals surface area contributed by atoms with Crippen LogP contribution in [0.3, 0.4) is 0 Å². The third-order valence-corrected chi connectivity index (χ3v) is 3.45. The van der Waals surface area contributed by atoms with Gasteiger partial charge in [0.15, 0.2) is 0 Å². The summed E-state index contributed by atoms with van der Waals surface area (Å²) in [6.45, 7) is 0. The molecule has 1 aliphatic carbocycles. The van der Waals surface area contributed by atoms with Crippen molar-refractivity contribution in [2.45, 2.75) is 38.5 Å². The van der Waals surface area contributed by atoms with Gasteiger partial charge in [-0.25, -0.2) is 9.78 Å². The van der Waals surface area contributed by atoms with E-state index in [9.17, 15) is 4.79 Å². The van der Waals surface area contributed by atoms with Crippen LogP contribution in [0.25, 0.3) is 0 Å². The summed E-state index contributed by atoms with van der Waals surface area (Å²) >= 11 is 6.02. The molecule has 0 unspecified atom stereocenters. The number of fused-ring (bicyclic) bond motifs is 1. The summed E-state index contributed by atoms with van der Waals surface area (Å²) in [5.74, 6) is -0.410. The van der Waals surface area contributed by atoms with E-state index in [4.69, 9.17) is 16.3 Å². The van der Waals surface area contributed by atoms with E-state index in [0.29, 0.717) is 5.56 Å². The van der Waals surface area contributed by atoms with Crippen LogP contribution in [-0.4, -0.2) is 18.1 Å². The van der Waals surface area contributed by atoms with Crippen LogP contribution in [0.4, 0.5) is 0 Å². The van der Waals surface area contributed by atoms with Gasteiger partial charge in [0.1, 0.15) is 5.15 Å². The first-order valence-electron chi connectivity index (χ1n) is 5.99. The van der Waals surface area contributed by atoms with E-state index in [0.717, 1.165) is 36.9 Å². The van der Waals surface area contributed by atoms with Gasteiger partial charge in [0.05, 0.1) is 12.7 Å². The van der Waals surface area contributed by atoms with Crippen LogP contribution in [0.5, 0.6) is 0 Å². The second-order valence-corrected chi connectivity index (χ2v) is 4.70. The van der Waals surface area contributed by atoms with Crippen LogP contribution < -0.4 is 0 Å². The Bertz CT molecular complexity index is 432. The van der Waals surface area contributed by atoms with Gasteiger partial charge < -0.3 is 4.74 Å². The van der Waals surface area contributed by atoms with Crippen molar-refractivity contribution in [1.29, 1.82) is 0 Å². The largest absolute Gasteiger partial charge is 0.465 e. The predicted octanol–water partition coefficient (Wildman–Crippen LogP) is 3.18. The fourth-order valence-corrected chi connectivity index (χ4v) is 2.45. The number of carbonyl (C=O) groups is 1. The van der Waals surface area contributed by atoms with Crippen LogP contribution in [0.15, 0.2) is 6.07 Å². The molecule has 17 heavy (non-hydrogen) atoms. The molecule has 0 radical (unpaired) electrons. The molecule has 1 heterocycles. The van der Waals surface area contributed by atoms with Gasteiger partial charge in [0.25, 0.3) is 0 Å². The molecular weight excluding hydrogens is 238 g/mol. The van der Waals surface area contributed by atoms with Crippen molar-refractivity contribution in [2.24, 2.45) is 0 Å². The maximum Gasteiger partial charge on any atom is 0.341 e. The molecule has 0 amide bonds. The fraction of sp³-hybridized carbons (Fsp3) is 0.538. The minimum atomic E-state index is -0.410. The highest BCUT2D eigenvalue weighted by atomic mass is 35.5. The van der Waals surface area contributed by atoms with Crippen LogP contribution in [0.2, 0.25) is 5.15 Å². The molecule has 0 aliphatic heterocycles. The summed E-state index contributed by atoms with van der Waals surface area (Å²) in [7, 11) is 1.36. The number of methoxy groups -OCH3 is 1. The Hall–Kier alpha value is -1.09. The normalized spacial score (nSPS) is 15.6. The van der Waals surface area contributed by atoms with Crippen LogP contribution >= 0.6 is 11.6 Å². The lowest BCUT2D eigenvalue weighted by Crippen LogP contribution is -2.09. The van der Waals surface area contributed by atoms with Crippen LogP contribution in [-0.2, 0) is 17.6 Å². The van der Waals surface area contributed by atoms with Gasteiger partial charge in [-0.05, 0) is 37.3 Å². The summed E-state index contributed by atoms with van der Waals surface area (Å²) in [4.78, 5) is 15.9. The zero-order chi connectivity index (χ0) is 12.3. The number of nitrogens with zero attached hydrogens (tertiary/aromatic N) is 1. The van der Waals surface area contributed by atoms with E-state index >= 15 is 0 Å². The van der Waals surface area contributed by atoms with Gasteiger partial charge in [-0.3, -0.25) is 0 Å². The highest BCUT2D eigenvalue weighted by Gasteiger charge is 2.17. The number of aryl methyl sites for hydroxylation is 2. The first-order chi connectivity index (χ1) is 8.22. The molecule has 1 aromatic rings. The smallest absolute Gasteiger partial charge is 0.341 e. The molecule has 0 saturated carbocycles. The minimum Gasteiger partial charge on any atom is -0.465 e. The molecule has 0 N–H and O–H groups in total. The number of carbonyl (C=O) groups excluding carboxylic acids is 1. The van der Waals surface area contributed by atoms with Gasteiger partial charge in [0, 0.05) is 5.69 Å². The molecule has 4 heteroatoms. The lowest BCUT2D eigenvalue weighted by atomic mass is 9.96. The zero-order valence-corrected chi connectivity index (χ0v) is 10.7. The van der Waals surface area contributed by atoms with Crippen molar-refractivity contribution in [1.82, 2.24) is 4.98 Å². The maximum atomic E-state index is 11.5. The van der Waals surface area contributed by atoms with Gasteiger partial charge in [-0.15, -0.1) is 0 Å². The van der Waals surface area contributed by atoms with Crippen molar-refractivity contribution < 1.29 is 9.53 Å². The summed E-state index contributed by atoms with van der Waals surface area (Å²) in [5.41, 5.74) is 2.57. The third-order valence-electron chi connectivity index (χ3n) is 3.16. The Morgan fingerprint density at radius 1 is 1.29 bits per heavy atom. The Balaban J connectivity index is 2.38. The molecule has 0 bridgehead atoms. The van der Waals surface area contributed by atoms with E-state index in [1.54, 1.807) is 0 Å². The number of hydrogen-bond acceptors (Lipinski definition) is 3. The SMILES string of the molecule is COC(=O)c1cc2c(nc1Cl)CCCCCC2. The summed E-state index contributed by atoms with van der Waals surface area (Å²) in [6.07, 6.45) is 6.72. The molecule has 3 nitrogen and oxygen atoms in total. The molecule has 0 saturated heterocycles. The second-order valence-electron chi connectivity index (χ2n) is 4.34. The molecule has 1 aromatic heterocycles. The lowest BCUT2D eigenvalue weighted by Gasteiger charge is -2.14. The van der Waals surface area contributed by atoms with Crippen molar-refractivity contribution in [2.75, 3.05) is 7.11 Å². The number of pyridine rings is 1. The maximum absolute atomic E-state index is 11.5. The Kier molecular flexibility index (Phi) is 4.00. The van der Waals surface area contributed by atoms with Gasteiger partial charge in [-0.2, -0.15) is 0 Å². The highest BCUT2D eigenvalue weighted by molar-refractivity contribution is 6.32. The second kappa shape index (κ2) is 5.50. The van der Waals surface area contributed by atoms with Gasteiger partial charge in [0.2, 0.25) is 0 Å². The molecule has 0 aromatic carbocycles. The molecule has 92 valence electrons. The highest BCUT2D eigenvalue weighted by Crippen LogP contribution is 2.24. The van der Waals surface area contributed by atoms with E-state index in [1.165, 1.54) is 20.0 Å². The van der Waals surface area contributed by atoms with Crippen molar-refractivity contribution in [3.8, 4) is 0 Å². The van der Waals surface area contributed by atoms with E-state index in [-0.39, 0.29) is 5.15 Å². The van der Waals surface area contributed by atoms with E-state index in [1.807, 2.05) is 6.07 Å². The topological polar surface area (TPSA) is 39.2 Å². The summed E-state index contributed by atoms with van der Waals surface area (Å²) < 4.78 is 4.70. The van der Waals surface area contributed by atoms with E-state index < -0.39 is 5.97 Å². The lowest BCUT2D eigenvalue weighted by molar-refractivity contribution is 0.0600. The zero-order valence-electron chi connectivity index (χ0n) is 9.96. The molecule has 2 rings (SSSR count). The number of ether oxygens (including phenoxy) is 1. The molecule has 0 atom stereocenters. The van der Waals surface area contributed by atoms with Gasteiger partial charge in [-0.1, -0.05) is 24.4 Å². The Labute approximate surface area is 106 Å². The molecule has 0 fully saturated rings. The Morgan fingerprint density at radius 3 is 2.71 bits per heavy atom. The van der Waals surface area contributed by atoms with Gasteiger partial charge >= 0.3 is 5.97 Å². The average Bonchev–Trinajstić information content (AvgIpc) is 2.30. The van der Waals surface area contributed by atoms with E-state index in [2.05, 4.69) is 4.98 Å². The minimum absolute atomic E-state index is 0.260. The first-order valence-corrected chi connectivity index (χ1v) is 6.37. The number of halogens is 1. The summed E-state index contributed by atoms with van der Waals surface area (Å²) in [5, 5.41) is 0.260.